The number of carbonyl (C=O) groups is 1. The number of carbonyl (C=O) groups excluding carboxylic acids is 1. The minimum Gasteiger partial charge on any atom is -0.397 e. The SMILES string of the molecule is NC(=O)c1ccc(Cl)c(Br)c1N. The second-order valence-corrected chi connectivity index (χ2v) is 3.39. The van der Waals surface area contributed by atoms with Crippen molar-refractivity contribution in [3.63, 3.8) is 0 Å². The Balaban J connectivity index is 3.36. The fourth-order valence-corrected chi connectivity index (χ4v) is 1.29. The smallest absolute Gasteiger partial charge is 0.250 e. The molecule has 0 aliphatic heterocycles. The highest BCUT2D eigenvalue weighted by Crippen LogP contribution is 2.30. The van der Waals surface area contributed by atoms with Gasteiger partial charge in [-0.1, -0.05) is 11.6 Å². The maximum Gasteiger partial charge on any atom is 0.250 e. The highest BCUT2D eigenvalue weighted by molar-refractivity contribution is 9.10. The molecule has 0 aromatic heterocycles. The van der Waals surface area contributed by atoms with Gasteiger partial charge in [0.2, 0.25) is 0 Å². The van der Waals surface area contributed by atoms with Crippen molar-refractivity contribution in [2.45, 2.75) is 0 Å². The summed E-state index contributed by atoms with van der Waals surface area (Å²) in [6.07, 6.45) is 0. The zero-order valence-corrected chi connectivity index (χ0v) is 8.32. The van der Waals surface area contributed by atoms with Gasteiger partial charge in [0.15, 0.2) is 0 Å². The van der Waals surface area contributed by atoms with Crippen molar-refractivity contribution in [2.75, 3.05) is 5.73 Å². The molecule has 64 valence electrons. The van der Waals surface area contributed by atoms with E-state index in [1.54, 1.807) is 6.07 Å². The average Bonchev–Trinajstić information content (AvgIpc) is 2.00. The molecule has 0 bridgehead atoms. The van der Waals surface area contributed by atoms with E-state index in [0.717, 1.165) is 0 Å². The summed E-state index contributed by atoms with van der Waals surface area (Å²) >= 11 is 8.85. The summed E-state index contributed by atoms with van der Waals surface area (Å²) in [6, 6.07) is 3.05. The Labute approximate surface area is 82.8 Å². The van der Waals surface area contributed by atoms with Gasteiger partial charge in [-0.25, -0.2) is 0 Å². The number of nitrogens with two attached hydrogens (primary N) is 2. The highest BCUT2D eigenvalue weighted by Gasteiger charge is 2.10. The zero-order chi connectivity index (χ0) is 9.30. The molecule has 0 unspecified atom stereocenters. The van der Waals surface area contributed by atoms with Gasteiger partial charge in [-0.05, 0) is 28.1 Å². The lowest BCUT2D eigenvalue weighted by atomic mass is 10.2. The Kier molecular flexibility index (Phi) is 2.59. The summed E-state index contributed by atoms with van der Waals surface area (Å²) in [5.41, 5.74) is 11.1. The summed E-state index contributed by atoms with van der Waals surface area (Å²) in [5.74, 6) is -0.565. The Morgan fingerprint density at radius 3 is 2.58 bits per heavy atom. The largest absolute Gasteiger partial charge is 0.397 e. The lowest BCUT2D eigenvalue weighted by molar-refractivity contribution is 0.100. The average molecular weight is 249 g/mol. The normalized spacial score (nSPS) is 9.83. The van der Waals surface area contributed by atoms with Gasteiger partial charge in [0.1, 0.15) is 0 Å². The van der Waals surface area contributed by atoms with E-state index in [0.29, 0.717) is 9.50 Å². The summed E-state index contributed by atoms with van der Waals surface area (Å²) in [7, 11) is 0. The Morgan fingerprint density at radius 1 is 1.50 bits per heavy atom. The predicted octanol–water partition coefficient (Wildman–Crippen LogP) is 1.78. The standard InChI is InChI=1S/C7H6BrClN2O/c8-5-4(9)2-1-3(6(5)10)7(11)12/h1-2H,10H2,(H2,11,12). The number of anilines is 1. The van der Waals surface area contributed by atoms with Crippen LogP contribution in [0.5, 0.6) is 0 Å². The molecule has 0 heterocycles. The van der Waals surface area contributed by atoms with Crippen molar-refractivity contribution < 1.29 is 4.79 Å². The first-order valence-electron chi connectivity index (χ1n) is 3.07. The third-order valence-corrected chi connectivity index (χ3v) is 2.80. The van der Waals surface area contributed by atoms with Crippen molar-refractivity contribution >= 4 is 39.1 Å². The van der Waals surface area contributed by atoms with Crippen molar-refractivity contribution in [2.24, 2.45) is 5.73 Å². The van der Waals surface area contributed by atoms with E-state index in [1.165, 1.54) is 6.07 Å². The number of hydrogen-bond donors (Lipinski definition) is 2. The molecule has 0 atom stereocenters. The van der Waals surface area contributed by atoms with E-state index in [9.17, 15) is 4.79 Å². The molecule has 12 heavy (non-hydrogen) atoms. The van der Waals surface area contributed by atoms with E-state index < -0.39 is 5.91 Å². The van der Waals surface area contributed by atoms with Gasteiger partial charge in [0.25, 0.3) is 5.91 Å². The van der Waals surface area contributed by atoms with Crippen LogP contribution in [0.15, 0.2) is 16.6 Å². The van der Waals surface area contributed by atoms with Gasteiger partial charge in [-0.2, -0.15) is 0 Å². The van der Waals surface area contributed by atoms with E-state index in [2.05, 4.69) is 15.9 Å². The molecule has 4 N–H and O–H groups in total. The first kappa shape index (κ1) is 9.35. The molecule has 1 aromatic rings. The van der Waals surface area contributed by atoms with Crippen molar-refractivity contribution in [1.82, 2.24) is 0 Å². The van der Waals surface area contributed by atoms with E-state index in [4.69, 9.17) is 23.1 Å². The summed E-state index contributed by atoms with van der Waals surface area (Å²) < 4.78 is 0.500. The van der Waals surface area contributed by atoms with Crippen LogP contribution in [0.2, 0.25) is 5.02 Å². The second-order valence-electron chi connectivity index (χ2n) is 2.19. The maximum absolute atomic E-state index is 10.8. The third kappa shape index (κ3) is 1.54. The molecule has 0 radical (unpaired) electrons. The van der Waals surface area contributed by atoms with E-state index >= 15 is 0 Å². The minimum atomic E-state index is -0.565. The topological polar surface area (TPSA) is 69.1 Å². The summed E-state index contributed by atoms with van der Waals surface area (Å²) in [6.45, 7) is 0. The summed E-state index contributed by atoms with van der Waals surface area (Å²) in [4.78, 5) is 10.8. The number of rotatable bonds is 1. The maximum atomic E-state index is 10.8. The van der Waals surface area contributed by atoms with Gasteiger partial charge in [0.05, 0.1) is 20.7 Å². The third-order valence-electron chi connectivity index (χ3n) is 1.40. The molecule has 3 nitrogen and oxygen atoms in total. The molecule has 0 aliphatic rings. The van der Waals surface area contributed by atoms with Crippen LogP contribution < -0.4 is 11.5 Å². The van der Waals surface area contributed by atoms with Crippen LogP contribution >= 0.6 is 27.5 Å². The van der Waals surface area contributed by atoms with Crippen LogP contribution in [0.25, 0.3) is 0 Å². The number of benzene rings is 1. The van der Waals surface area contributed by atoms with Crippen molar-refractivity contribution in [3.8, 4) is 0 Å². The molecular formula is C7H6BrClN2O. The van der Waals surface area contributed by atoms with Crippen LogP contribution in [0, 0.1) is 0 Å². The molecule has 1 aromatic carbocycles. The first-order valence-corrected chi connectivity index (χ1v) is 4.24. The van der Waals surface area contributed by atoms with Gasteiger partial charge in [-0.15, -0.1) is 0 Å². The number of nitrogen functional groups attached to an aromatic ring is 1. The second kappa shape index (κ2) is 3.33. The quantitative estimate of drug-likeness (QED) is 0.745. The lowest BCUT2D eigenvalue weighted by Gasteiger charge is -2.04. The molecular weight excluding hydrogens is 243 g/mol. The van der Waals surface area contributed by atoms with Crippen LogP contribution in [0.3, 0.4) is 0 Å². The van der Waals surface area contributed by atoms with Crippen LogP contribution in [0.4, 0.5) is 5.69 Å². The molecule has 0 spiro atoms. The first-order chi connectivity index (χ1) is 5.54. The Hall–Kier alpha value is -0.740. The van der Waals surface area contributed by atoms with Gasteiger partial charge in [-0.3, -0.25) is 4.79 Å². The van der Waals surface area contributed by atoms with Gasteiger partial charge in [0, 0.05) is 0 Å². The fourth-order valence-electron chi connectivity index (χ4n) is 0.781. The number of hydrogen-bond acceptors (Lipinski definition) is 2. The highest BCUT2D eigenvalue weighted by atomic mass is 79.9. The number of halogens is 2. The fraction of sp³-hybridized carbons (Fsp3) is 0. The zero-order valence-electron chi connectivity index (χ0n) is 5.97. The monoisotopic (exact) mass is 248 g/mol. The van der Waals surface area contributed by atoms with Crippen molar-refractivity contribution in [3.05, 3.63) is 27.2 Å². The number of amides is 1. The molecule has 0 fully saturated rings. The Bertz CT molecular complexity index is 340. The predicted molar refractivity (Wildman–Crippen MR) is 52.1 cm³/mol. The van der Waals surface area contributed by atoms with Crippen molar-refractivity contribution in [1.29, 1.82) is 0 Å². The molecule has 0 saturated heterocycles. The molecule has 1 rings (SSSR count). The minimum absolute atomic E-state index is 0.270. The van der Waals surface area contributed by atoms with Crippen LogP contribution in [-0.2, 0) is 0 Å². The van der Waals surface area contributed by atoms with Gasteiger partial charge < -0.3 is 11.5 Å². The van der Waals surface area contributed by atoms with Crippen LogP contribution in [-0.4, -0.2) is 5.91 Å². The molecule has 5 heteroatoms. The van der Waals surface area contributed by atoms with E-state index in [1.807, 2.05) is 0 Å². The molecule has 1 amide bonds. The number of primary amides is 1. The lowest BCUT2D eigenvalue weighted by Crippen LogP contribution is -2.13. The van der Waals surface area contributed by atoms with Crippen LogP contribution in [0.1, 0.15) is 10.4 Å². The van der Waals surface area contributed by atoms with Gasteiger partial charge >= 0.3 is 0 Å². The van der Waals surface area contributed by atoms with E-state index in [-0.39, 0.29) is 11.3 Å². The Morgan fingerprint density at radius 2 is 2.08 bits per heavy atom. The summed E-state index contributed by atoms with van der Waals surface area (Å²) in [5, 5.41) is 0.456. The molecule has 0 aliphatic carbocycles. The molecule has 0 saturated carbocycles.